The number of fused-ring (bicyclic) bond motifs is 1. The molecule has 184 valence electrons. The highest BCUT2D eigenvalue weighted by molar-refractivity contribution is 6.12. The van der Waals surface area contributed by atoms with Crippen LogP contribution in [0.3, 0.4) is 0 Å². The van der Waals surface area contributed by atoms with Crippen molar-refractivity contribution in [3.05, 3.63) is 114 Å². The number of carbonyl (C=O) groups is 2. The van der Waals surface area contributed by atoms with E-state index in [2.05, 4.69) is 5.32 Å². The molecule has 0 fully saturated rings. The number of benzene rings is 4. The number of ketones is 1. The van der Waals surface area contributed by atoms with Gasteiger partial charge in [-0.25, -0.2) is 4.39 Å². The highest BCUT2D eigenvalue weighted by atomic mass is 19.1. The summed E-state index contributed by atoms with van der Waals surface area (Å²) in [6.45, 7) is 0. The zero-order chi connectivity index (χ0) is 25.9. The summed E-state index contributed by atoms with van der Waals surface area (Å²) in [6.07, 6.45) is 0.843. The van der Waals surface area contributed by atoms with E-state index in [0.717, 1.165) is 16.7 Å². The molecular weight excluding hydrogens is 469 g/mol. The quantitative estimate of drug-likeness (QED) is 0.245. The first-order valence-corrected chi connectivity index (χ1v) is 11.9. The Bertz CT molecular complexity index is 1620. The van der Waals surface area contributed by atoms with Crippen molar-refractivity contribution in [2.75, 3.05) is 7.05 Å². The van der Waals surface area contributed by atoms with Crippen LogP contribution in [0.2, 0.25) is 0 Å². The molecule has 0 radical (unpaired) electrons. The van der Waals surface area contributed by atoms with E-state index in [1.54, 1.807) is 49.5 Å². The van der Waals surface area contributed by atoms with Crippen LogP contribution in [0.5, 0.6) is 5.75 Å². The van der Waals surface area contributed by atoms with Gasteiger partial charge in [0.2, 0.25) is 0 Å². The average molecular weight is 494 g/mol. The second-order valence-electron chi connectivity index (χ2n) is 8.78. The van der Waals surface area contributed by atoms with Gasteiger partial charge in [0.1, 0.15) is 22.9 Å². The molecule has 1 heterocycles. The predicted molar refractivity (Wildman–Crippen MR) is 141 cm³/mol. The number of hydrogen-bond acceptors (Lipinski definition) is 4. The van der Waals surface area contributed by atoms with Crippen LogP contribution in [0, 0.1) is 5.82 Å². The highest BCUT2D eigenvalue weighted by Gasteiger charge is 2.22. The number of halogens is 1. The summed E-state index contributed by atoms with van der Waals surface area (Å²) in [5.74, 6) is -0.145. The summed E-state index contributed by atoms with van der Waals surface area (Å²) in [5, 5.41) is 12.9. The number of phenolic OH excluding ortho intramolecular Hbond substituents is 1. The number of nitrogens with one attached hydrogen (secondary N) is 1. The molecule has 0 bridgehead atoms. The molecule has 0 aliphatic rings. The summed E-state index contributed by atoms with van der Waals surface area (Å²) in [7, 11) is 1.55. The Kier molecular flexibility index (Phi) is 6.56. The van der Waals surface area contributed by atoms with Gasteiger partial charge in [0, 0.05) is 30.0 Å². The first-order valence-electron chi connectivity index (χ1n) is 11.9. The lowest BCUT2D eigenvalue weighted by Gasteiger charge is -2.07. The summed E-state index contributed by atoms with van der Waals surface area (Å²) in [6, 6.07) is 25.6. The Labute approximate surface area is 213 Å². The maximum absolute atomic E-state index is 13.5. The van der Waals surface area contributed by atoms with Crippen molar-refractivity contribution in [2.45, 2.75) is 12.8 Å². The molecule has 1 amide bonds. The molecule has 0 spiro atoms. The molecule has 0 saturated carbocycles. The smallest absolute Gasteiger partial charge is 0.255 e. The minimum Gasteiger partial charge on any atom is -0.508 e. The summed E-state index contributed by atoms with van der Waals surface area (Å²) < 4.78 is 19.5. The topological polar surface area (TPSA) is 79.5 Å². The minimum atomic E-state index is -0.375. The van der Waals surface area contributed by atoms with E-state index < -0.39 is 0 Å². The second kappa shape index (κ2) is 10.1. The van der Waals surface area contributed by atoms with Crippen molar-refractivity contribution < 1.29 is 23.5 Å². The normalized spacial score (nSPS) is 11.0. The molecule has 0 atom stereocenters. The van der Waals surface area contributed by atoms with Crippen LogP contribution in [0.4, 0.5) is 4.39 Å². The van der Waals surface area contributed by atoms with E-state index in [0.29, 0.717) is 46.3 Å². The Morgan fingerprint density at radius 3 is 2.35 bits per heavy atom. The summed E-state index contributed by atoms with van der Waals surface area (Å²) in [4.78, 5) is 25.8. The van der Waals surface area contributed by atoms with Crippen LogP contribution in [0.15, 0.2) is 95.4 Å². The molecule has 6 heteroatoms. The van der Waals surface area contributed by atoms with Crippen molar-refractivity contribution in [1.82, 2.24) is 5.32 Å². The lowest BCUT2D eigenvalue weighted by Crippen LogP contribution is -2.18. The third-order valence-electron chi connectivity index (χ3n) is 6.32. The third-order valence-corrected chi connectivity index (χ3v) is 6.32. The van der Waals surface area contributed by atoms with Gasteiger partial charge in [-0.05, 0) is 77.7 Å². The molecule has 5 nitrogen and oxygen atoms in total. The SMILES string of the molecule is CNC(=O)c1c(-c2ccc(F)cc2)oc2ccc(-c3cccc(C(=O)CCc4cccc(O)c4)c3)cc12. The highest BCUT2D eigenvalue weighted by Crippen LogP contribution is 2.36. The molecule has 2 N–H and O–H groups in total. The lowest BCUT2D eigenvalue weighted by molar-refractivity contribution is 0.0961. The monoisotopic (exact) mass is 493 g/mol. The molecule has 4 aromatic carbocycles. The van der Waals surface area contributed by atoms with E-state index in [9.17, 15) is 19.1 Å². The number of amides is 1. The fourth-order valence-electron chi connectivity index (χ4n) is 4.42. The fraction of sp³-hybridized carbons (Fsp3) is 0.0968. The van der Waals surface area contributed by atoms with Gasteiger partial charge in [-0.2, -0.15) is 0 Å². The van der Waals surface area contributed by atoms with Gasteiger partial charge in [-0.1, -0.05) is 36.4 Å². The maximum Gasteiger partial charge on any atom is 0.255 e. The molecule has 37 heavy (non-hydrogen) atoms. The van der Waals surface area contributed by atoms with Crippen molar-refractivity contribution in [3.63, 3.8) is 0 Å². The molecule has 0 aliphatic heterocycles. The van der Waals surface area contributed by atoms with E-state index >= 15 is 0 Å². The van der Waals surface area contributed by atoms with Gasteiger partial charge in [0.15, 0.2) is 5.78 Å². The van der Waals surface area contributed by atoms with Crippen LogP contribution in [0.25, 0.3) is 33.4 Å². The Hall–Kier alpha value is -4.71. The number of phenols is 1. The van der Waals surface area contributed by atoms with Gasteiger partial charge in [0.25, 0.3) is 5.91 Å². The van der Waals surface area contributed by atoms with Crippen LogP contribution >= 0.6 is 0 Å². The van der Waals surface area contributed by atoms with Gasteiger partial charge < -0.3 is 14.8 Å². The molecule has 1 aromatic heterocycles. The van der Waals surface area contributed by atoms with Gasteiger partial charge in [-0.3, -0.25) is 9.59 Å². The Morgan fingerprint density at radius 1 is 0.865 bits per heavy atom. The molecular formula is C31H24FNO4. The average Bonchev–Trinajstić information content (AvgIpc) is 3.30. The molecule has 5 aromatic rings. The third kappa shape index (κ3) is 5.00. The zero-order valence-corrected chi connectivity index (χ0v) is 20.1. The molecule has 0 unspecified atom stereocenters. The van der Waals surface area contributed by atoms with Gasteiger partial charge >= 0.3 is 0 Å². The van der Waals surface area contributed by atoms with Crippen molar-refractivity contribution in [2.24, 2.45) is 0 Å². The number of carbonyl (C=O) groups excluding carboxylic acids is 2. The standard InChI is InChI=1S/C31H24FNO4/c1-33-31(36)29-26-18-22(11-15-28(26)37-30(29)20-9-12-24(32)13-10-20)21-5-3-6-23(17-21)27(35)14-8-19-4-2-7-25(34)16-19/h2-7,9-13,15-18,34H,8,14H2,1H3,(H,33,36). The number of aryl methyl sites for hydroxylation is 1. The number of Topliss-reactive ketones (excluding diaryl/α,β-unsaturated/α-hetero) is 1. The van der Waals surface area contributed by atoms with Crippen molar-refractivity contribution in [1.29, 1.82) is 0 Å². The van der Waals surface area contributed by atoms with Crippen molar-refractivity contribution >= 4 is 22.7 Å². The Balaban J connectivity index is 1.48. The van der Waals surface area contributed by atoms with E-state index in [4.69, 9.17) is 4.42 Å². The van der Waals surface area contributed by atoms with Crippen LogP contribution in [0.1, 0.15) is 32.7 Å². The first kappa shape index (κ1) is 24.0. The van der Waals surface area contributed by atoms with Gasteiger partial charge in [-0.15, -0.1) is 0 Å². The van der Waals surface area contributed by atoms with E-state index in [-0.39, 0.29) is 23.3 Å². The Morgan fingerprint density at radius 2 is 1.59 bits per heavy atom. The van der Waals surface area contributed by atoms with E-state index in [1.165, 1.54) is 12.1 Å². The lowest BCUT2D eigenvalue weighted by atomic mass is 9.96. The summed E-state index contributed by atoms with van der Waals surface area (Å²) in [5.41, 5.74) is 4.63. The number of furan rings is 1. The number of rotatable bonds is 7. The largest absolute Gasteiger partial charge is 0.508 e. The summed E-state index contributed by atoms with van der Waals surface area (Å²) >= 11 is 0. The first-order chi connectivity index (χ1) is 17.9. The molecule has 0 aliphatic carbocycles. The van der Waals surface area contributed by atoms with Crippen LogP contribution in [-0.2, 0) is 6.42 Å². The number of aromatic hydroxyl groups is 1. The minimum absolute atomic E-state index is 0.000715. The fourth-order valence-corrected chi connectivity index (χ4v) is 4.42. The number of hydrogen-bond donors (Lipinski definition) is 2. The molecule has 0 saturated heterocycles. The predicted octanol–water partition coefficient (Wildman–Crippen LogP) is 6.79. The van der Waals surface area contributed by atoms with E-state index in [1.807, 2.05) is 36.4 Å². The second-order valence-corrected chi connectivity index (χ2v) is 8.78. The zero-order valence-electron chi connectivity index (χ0n) is 20.1. The maximum atomic E-state index is 13.5. The van der Waals surface area contributed by atoms with Crippen LogP contribution < -0.4 is 5.32 Å². The molecule has 5 rings (SSSR count). The van der Waals surface area contributed by atoms with Crippen LogP contribution in [-0.4, -0.2) is 23.8 Å². The van der Waals surface area contributed by atoms with Crippen molar-refractivity contribution in [3.8, 4) is 28.2 Å². The van der Waals surface area contributed by atoms with Gasteiger partial charge in [0.05, 0.1) is 5.56 Å².